The van der Waals surface area contributed by atoms with E-state index in [1.165, 1.54) is 77.0 Å². The van der Waals surface area contributed by atoms with Gasteiger partial charge in [0.1, 0.15) is 0 Å². The van der Waals surface area contributed by atoms with Gasteiger partial charge in [0.2, 0.25) is 0 Å². The molecule has 15 heteroatoms. The SMILES string of the molecule is CCCCCCCCNCCCNCCSS(=O)(=O)O.CCCCCCCCNCCCNCCSS(=O)(=O)O.O. The van der Waals surface area contributed by atoms with Crippen molar-refractivity contribution in [2.45, 2.75) is 104 Å². The quantitative estimate of drug-likeness (QED) is 0.0366. The molecule has 8 N–H and O–H groups in total. The molecule has 0 saturated carbocycles. The summed E-state index contributed by atoms with van der Waals surface area (Å²) in [6, 6.07) is 0. The van der Waals surface area contributed by atoms with Crippen molar-refractivity contribution >= 4 is 39.9 Å². The van der Waals surface area contributed by atoms with Gasteiger partial charge in [-0.25, -0.2) is 0 Å². The van der Waals surface area contributed by atoms with E-state index in [0.717, 1.165) is 52.1 Å². The minimum atomic E-state index is -3.88. The lowest BCUT2D eigenvalue weighted by Crippen LogP contribution is -2.24. The second-order valence-electron chi connectivity index (χ2n) is 9.74. The fourth-order valence-corrected chi connectivity index (χ4v) is 6.32. The molecular formula is C26H62N4O7S4. The molecule has 11 nitrogen and oxygen atoms in total. The number of hydrogen-bond acceptors (Lipinski definition) is 10. The maximum absolute atomic E-state index is 10.4. The third kappa shape index (κ3) is 50.3. The first-order valence-electron chi connectivity index (χ1n) is 15.2. The lowest BCUT2D eigenvalue weighted by atomic mass is 10.1. The molecule has 0 atom stereocenters. The summed E-state index contributed by atoms with van der Waals surface area (Å²) in [4.78, 5) is 0. The molecule has 0 spiro atoms. The van der Waals surface area contributed by atoms with Crippen LogP contribution in [-0.4, -0.2) is 95.3 Å². The minimum absolute atomic E-state index is 0. The second-order valence-corrected chi connectivity index (χ2v) is 16.7. The highest BCUT2D eigenvalue weighted by Gasteiger charge is 2.04. The van der Waals surface area contributed by atoms with Crippen molar-refractivity contribution in [3.63, 3.8) is 0 Å². The zero-order valence-corrected chi connectivity index (χ0v) is 28.9. The molecule has 0 bridgehead atoms. The highest BCUT2D eigenvalue weighted by atomic mass is 33.2. The fourth-order valence-electron chi connectivity index (χ4n) is 3.68. The molecule has 252 valence electrons. The van der Waals surface area contributed by atoms with Crippen LogP contribution >= 0.6 is 21.6 Å². The van der Waals surface area contributed by atoms with E-state index in [2.05, 4.69) is 35.1 Å². The van der Waals surface area contributed by atoms with Crippen molar-refractivity contribution < 1.29 is 31.4 Å². The van der Waals surface area contributed by atoms with E-state index in [9.17, 15) is 16.8 Å². The molecule has 0 radical (unpaired) electrons. The summed E-state index contributed by atoms with van der Waals surface area (Å²) in [7, 11) is -6.62. The first-order chi connectivity index (χ1) is 19.1. The summed E-state index contributed by atoms with van der Waals surface area (Å²) in [5.74, 6) is 0.758. The lowest BCUT2D eigenvalue weighted by molar-refractivity contribution is 0.500. The van der Waals surface area contributed by atoms with Gasteiger partial charge in [-0.3, -0.25) is 9.11 Å². The molecule has 0 aromatic rings. The Morgan fingerprint density at radius 2 is 0.707 bits per heavy atom. The Hall–Kier alpha value is 0.320. The van der Waals surface area contributed by atoms with Crippen LogP contribution < -0.4 is 21.3 Å². The molecule has 0 aromatic heterocycles. The highest BCUT2D eigenvalue weighted by Crippen LogP contribution is 2.08. The van der Waals surface area contributed by atoms with Crippen LogP contribution in [0.2, 0.25) is 0 Å². The van der Waals surface area contributed by atoms with Crippen LogP contribution in [0.25, 0.3) is 0 Å². The molecule has 0 rings (SSSR count). The first-order valence-corrected chi connectivity index (χ1v) is 21.1. The van der Waals surface area contributed by atoms with Crippen LogP contribution in [0.15, 0.2) is 0 Å². The van der Waals surface area contributed by atoms with E-state index < -0.39 is 18.3 Å². The minimum Gasteiger partial charge on any atom is -0.412 e. The van der Waals surface area contributed by atoms with Crippen molar-refractivity contribution in [2.75, 3.05) is 63.9 Å². The number of hydrogen-bond donors (Lipinski definition) is 6. The summed E-state index contributed by atoms with van der Waals surface area (Å²) in [5.41, 5.74) is 0. The van der Waals surface area contributed by atoms with E-state index in [0.29, 0.717) is 46.2 Å². The summed E-state index contributed by atoms with van der Waals surface area (Å²) in [6.45, 7) is 11.6. The van der Waals surface area contributed by atoms with E-state index in [1.54, 1.807) is 0 Å². The normalized spacial score (nSPS) is 11.6. The van der Waals surface area contributed by atoms with Crippen LogP contribution in [0, 0.1) is 0 Å². The van der Waals surface area contributed by atoms with Gasteiger partial charge in [-0.1, -0.05) is 78.1 Å². The van der Waals surface area contributed by atoms with Gasteiger partial charge in [-0.05, 0) is 86.5 Å². The summed E-state index contributed by atoms with van der Waals surface area (Å²) in [6.07, 6.45) is 17.9. The average Bonchev–Trinajstić information content (AvgIpc) is 2.88. The van der Waals surface area contributed by atoms with Gasteiger partial charge in [0.05, 0.1) is 0 Å². The number of unbranched alkanes of at least 4 members (excludes halogenated alkanes) is 10. The Morgan fingerprint density at radius 1 is 0.439 bits per heavy atom. The number of rotatable bonds is 30. The molecule has 0 aliphatic rings. The molecule has 0 unspecified atom stereocenters. The molecule has 0 aliphatic heterocycles. The van der Waals surface area contributed by atoms with Gasteiger partial charge in [0, 0.05) is 24.6 Å². The molecule has 0 amide bonds. The molecule has 0 aromatic carbocycles. The topological polar surface area (TPSA) is 188 Å². The van der Waals surface area contributed by atoms with Gasteiger partial charge < -0.3 is 26.7 Å². The standard InChI is InChI=1S/2C13H30N2O3S2.H2O/c2*1-2-3-4-5-6-7-9-14-10-8-11-15-12-13-19-20(16,17)18;/h2*14-15H,2-13H2,1H3,(H,16,17,18);1H2. The zero-order valence-electron chi connectivity index (χ0n) is 25.6. The Kier molecular flexibility index (Phi) is 38.8. The Morgan fingerprint density at radius 3 is 1.02 bits per heavy atom. The summed E-state index contributed by atoms with van der Waals surface area (Å²) < 4.78 is 58.7. The van der Waals surface area contributed by atoms with Crippen molar-refractivity contribution in [2.24, 2.45) is 0 Å². The molecule has 0 aliphatic carbocycles. The van der Waals surface area contributed by atoms with Crippen molar-refractivity contribution in [3.8, 4) is 0 Å². The van der Waals surface area contributed by atoms with Gasteiger partial charge >= 0.3 is 18.3 Å². The zero-order chi connectivity index (χ0) is 30.2. The maximum Gasteiger partial charge on any atom is 0.319 e. The van der Waals surface area contributed by atoms with E-state index >= 15 is 0 Å². The average molecular weight is 671 g/mol. The predicted molar refractivity (Wildman–Crippen MR) is 179 cm³/mol. The lowest BCUT2D eigenvalue weighted by Gasteiger charge is -2.06. The Balaban J connectivity index is -0.000000688. The first kappa shape index (κ1) is 45.7. The van der Waals surface area contributed by atoms with E-state index in [-0.39, 0.29) is 5.48 Å². The molecule has 41 heavy (non-hydrogen) atoms. The van der Waals surface area contributed by atoms with Crippen LogP contribution in [-0.2, 0) is 18.3 Å². The predicted octanol–water partition coefficient (Wildman–Crippen LogP) is 4.08. The number of nitrogens with one attached hydrogen (secondary N) is 4. The Labute approximate surface area is 259 Å². The van der Waals surface area contributed by atoms with Crippen LogP contribution in [0.3, 0.4) is 0 Å². The van der Waals surface area contributed by atoms with Crippen LogP contribution in [0.4, 0.5) is 0 Å². The monoisotopic (exact) mass is 670 g/mol. The molecular weight excluding hydrogens is 609 g/mol. The summed E-state index contributed by atoms with van der Waals surface area (Å²) >= 11 is 0. The van der Waals surface area contributed by atoms with Crippen molar-refractivity contribution in [1.82, 2.24) is 21.3 Å². The van der Waals surface area contributed by atoms with Gasteiger partial charge in [0.25, 0.3) is 0 Å². The Bertz CT molecular complexity index is 659. The van der Waals surface area contributed by atoms with Gasteiger partial charge in [0.15, 0.2) is 0 Å². The highest BCUT2D eigenvalue weighted by molar-refractivity contribution is 8.70. The maximum atomic E-state index is 10.4. The molecule has 0 fully saturated rings. The smallest absolute Gasteiger partial charge is 0.319 e. The van der Waals surface area contributed by atoms with Gasteiger partial charge in [-0.2, -0.15) is 16.8 Å². The third-order valence-electron chi connectivity index (χ3n) is 5.85. The fraction of sp³-hybridized carbons (Fsp3) is 1.00. The molecule has 0 saturated heterocycles. The van der Waals surface area contributed by atoms with Crippen LogP contribution in [0.5, 0.6) is 0 Å². The van der Waals surface area contributed by atoms with E-state index in [1.807, 2.05) is 0 Å². The van der Waals surface area contributed by atoms with Crippen LogP contribution in [0.1, 0.15) is 104 Å². The van der Waals surface area contributed by atoms with Crippen molar-refractivity contribution in [3.05, 3.63) is 0 Å². The largest absolute Gasteiger partial charge is 0.412 e. The van der Waals surface area contributed by atoms with Gasteiger partial charge in [-0.15, -0.1) is 0 Å². The van der Waals surface area contributed by atoms with Crippen molar-refractivity contribution in [1.29, 1.82) is 0 Å². The molecule has 0 heterocycles. The third-order valence-corrected chi connectivity index (χ3v) is 9.98. The second kappa shape index (κ2) is 34.8. The summed E-state index contributed by atoms with van der Waals surface area (Å²) in [5, 5.41) is 13.1. The van der Waals surface area contributed by atoms with E-state index in [4.69, 9.17) is 9.11 Å².